The van der Waals surface area contributed by atoms with Crippen molar-refractivity contribution in [1.29, 1.82) is 0 Å². The normalized spacial score (nSPS) is 10.7. The van der Waals surface area contributed by atoms with Gasteiger partial charge < -0.3 is 0 Å². The molecule has 0 aromatic heterocycles. The van der Waals surface area contributed by atoms with Crippen molar-refractivity contribution >= 4 is 52.2 Å². The van der Waals surface area contributed by atoms with Crippen LogP contribution >= 0.6 is 46.4 Å². The minimum Gasteiger partial charge on any atom is -0.288 e. The highest BCUT2D eigenvalue weighted by atomic mass is 35.5. The Balaban J connectivity index is 2.59. The van der Waals surface area contributed by atoms with Gasteiger partial charge in [-0.25, -0.2) is 4.39 Å². The van der Waals surface area contributed by atoms with Crippen molar-refractivity contribution in [3.8, 4) is 0 Å². The Morgan fingerprint density at radius 3 is 2.25 bits per heavy atom. The van der Waals surface area contributed by atoms with E-state index in [1.807, 2.05) is 0 Å². The summed E-state index contributed by atoms with van der Waals surface area (Å²) in [7, 11) is 0. The summed E-state index contributed by atoms with van der Waals surface area (Å²) in [6.45, 7) is 1.56. The first-order chi connectivity index (χ1) is 9.32. The number of carbonyl (C=O) groups is 1. The molecule has 2 rings (SSSR count). The molecule has 2 aromatic rings. The van der Waals surface area contributed by atoms with E-state index in [2.05, 4.69) is 0 Å². The third kappa shape index (κ3) is 2.79. The molecule has 0 aliphatic carbocycles. The van der Waals surface area contributed by atoms with Crippen molar-refractivity contribution in [2.45, 2.75) is 6.92 Å². The van der Waals surface area contributed by atoms with Crippen LogP contribution in [0.4, 0.5) is 4.39 Å². The Hall–Kier alpha value is -0.800. The summed E-state index contributed by atoms with van der Waals surface area (Å²) < 4.78 is 13.2. The molecule has 6 heteroatoms. The van der Waals surface area contributed by atoms with Gasteiger partial charge in [-0.2, -0.15) is 0 Å². The van der Waals surface area contributed by atoms with Gasteiger partial charge in [-0.3, -0.25) is 4.79 Å². The van der Waals surface area contributed by atoms with Gasteiger partial charge in [0.1, 0.15) is 5.82 Å². The van der Waals surface area contributed by atoms with Crippen LogP contribution in [-0.2, 0) is 0 Å². The van der Waals surface area contributed by atoms with Crippen molar-refractivity contribution in [1.82, 2.24) is 0 Å². The number of aryl methyl sites for hydroxylation is 1. The van der Waals surface area contributed by atoms with E-state index in [1.54, 1.807) is 6.92 Å². The van der Waals surface area contributed by atoms with Crippen LogP contribution in [0.1, 0.15) is 21.5 Å². The average Bonchev–Trinajstić information content (AvgIpc) is 2.39. The summed E-state index contributed by atoms with van der Waals surface area (Å²) >= 11 is 23.8. The number of carbonyl (C=O) groups excluding carboxylic acids is 1. The predicted octanol–water partition coefficient (Wildman–Crippen LogP) is 5.98. The summed E-state index contributed by atoms with van der Waals surface area (Å²) in [5.74, 6) is -0.838. The summed E-state index contributed by atoms with van der Waals surface area (Å²) in [6.07, 6.45) is 0. The quantitative estimate of drug-likeness (QED) is 0.369. The number of halogens is 5. The van der Waals surface area contributed by atoms with Crippen molar-refractivity contribution in [2.24, 2.45) is 0 Å². The van der Waals surface area contributed by atoms with Crippen LogP contribution in [0.3, 0.4) is 0 Å². The molecule has 0 N–H and O–H groups in total. The van der Waals surface area contributed by atoms with Gasteiger partial charge in [0.25, 0.3) is 0 Å². The summed E-state index contributed by atoms with van der Waals surface area (Å²) in [4.78, 5) is 12.4. The van der Waals surface area contributed by atoms with Gasteiger partial charge in [-0.1, -0.05) is 46.4 Å². The summed E-state index contributed by atoms with van der Waals surface area (Å²) in [5, 5.41) is 0.293. The molecule has 1 nitrogen and oxygen atoms in total. The second kappa shape index (κ2) is 5.90. The first-order valence-electron chi connectivity index (χ1n) is 5.46. The smallest absolute Gasteiger partial charge is 0.196 e. The van der Waals surface area contributed by atoms with E-state index in [0.29, 0.717) is 5.56 Å². The van der Waals surface area contributed by atoms with E-state index >= 15 is 0 Å². The Kier molecular flexibility index (Phi) is 4.60. The molecule has 0 spiro atoms. The number of hydrogen-bond acceptors (Lipinski definition) is 1. The van der Waals surface area contributed by atoms with Crippen LogP contribution in [0.15, 0.2) is 24.3 Å². The molecule has 0 amide bonds. The first kappa shape index (κ1) is 15.6. The molecular formula is C14H7Cl4FO. The number of rotatable bonds is 2. The topological polar surface area (TPSA) is 17.1 Å². The van der Waals surface area contributed by atoms with Crippen LogP contribution < -0.4 is 0 Å². The maximum absolute atomic E-state index is 13.2. The highest BCUT2D eigenvalue weighted by Gasteiger charge is 2.21. The van der Waals surface area contributed by atoms with Gasteiger partial charge in [0.15, 0.2) is 5.78 Å². The molecule has 0 bridgehead atoms. The fraction of sp³-hybridized carbons (Fsp3) is 0.0714. The number of hydrogen-bond donors (Lipinski definition) is 0. The Morgan fingerprint density at radius 1 is 1.00 bits per heavy atom. The lowest BCUT2D eigenvalue weighted by atomic mass is 10.0. The second-order valence-electron chi connectivity index (χ2n) is 4.14. The molecule has 20 heavy (non-hydrogen) atoms. The number of ketones is 1. The van der Waals surface area contributed by atoms with Gasteiger partial charge in [-0.15, -0.1) is 0 Å². The number of benzene rings is 2. The van der Waals surface area contributed by atoms with E-state index in [9.17, 15) is 9.18 Å². The van der Waals surface area contributed by atoms with Crippen molar-refractivity contribution in [3.63, 3.8) is 0 Å². The highest BCUT2D eigenvalue weighted by molar-refractivity contribution is 6.51. The van der Waals surface area contributed by atoms with Crippen LogP contribution in [0.25, 0.3) is 0 Å². The lowest BCUT2D eigenvalue weighted by molar-refractivity contribution is 0.103. The molecule has 0 atom stereocenters. The Bertz CT molecular complexity index is 713. The minimum atomic E-state index is -0.443. The molecule has 2 aromatic carbocycles. The summed E-state index contributed by atoms with van der Waals surface area (Å²) in [6, 6.07) is 5.34. The van der Waals surface area contributed by atoms with Gasteiger partial charge >= 0.3 is 0 Å². The zero-order valence-electron chi connectivity index (χ0n) is 10.1. The third-order valence-electron chi connectivity index (χ3n) is 2.76. The molecule has 0 aliphatic rings. The molecule has 104 valence electrons. The fourth-order valence-electron chi connectivity index (χ4n) is 1.70. The third-order valence-corrected chi connectivity index (χ3v) is 4.32. The predicted molar refractivity (Wildman–Crippen MR) is 81.1 cm³/mol. The SMILES string of the molecule is Cc1cc(C(=O)c2c(Cl)cc(Cl)c(Cl)c2Cl)ccc1F. The first-order valence-corrected chi connectivity index (χ1v) is 6.98. The zero-order chi connectivity index (χ0) is 15.0. The lowest BCUT2D eigenvalue weighted by Crippen LogP contribution is -2.05. The lowest BCUT2D eigenvalue weighted by Gasteiger charge is -2.10. The average molecular weight is 352 g/mol. The van der Waals surface area contributed by atoms with Crippen molar-refractivity contribution < 1.29 is 9.18 Å². The molecule has 0 saturated heterocycles. The molecule has 0 heterocycles. The van der Waals surface area contributed by atoms with Gasteiger partial charge in [0.05, 0.1) is 25.7 Å². The van der Waals surface area contributed by atoms with E-state index in [0.717, 1.165) is 0 Å². The molecule has 0 fully saturated rings. The van der Waals surface area contributed by atoms with Gasteiger partial charge in [0.2, 0.25) is 0 Å². The Labute approximate surface area is 135 Å². The highest BCUT2D eigenvalue weighted by Crippen LogP contribution is 2.38. The molecule has 0 unspecified atom stereocenters. The fourth-order valence-corrected chi connectivity index (χ4v) is 2.79. The van der Waals surface area contributed by atoms with E-state index < -0.39 is 11.6 Å². The maximum atomic E-state index is 13.2. The van der Waals surface area contributed by atoms with Crippen LogP contribution in [0.5, 0.6) is 0 Å². The van der Waals surface area contributed by atoms with E-state index in [4.69, 9.17) is 46.4 Å². The van der Waals surface area contributed by atoms with Crippen LogP contribution in [-0.4, -0.2) is 5.78 Å². The van der Waals surface area contributed by atoms with E-state index in [-0.39, 0.29) is 31.2 Å². The Morgan fingerprint density at radius 2 is 1.65 bits per heavy atom. The second-order valence-corrected chi connectivity index (χ2v) is 5.71. The molecule has 0 aliphatic heterocycles. The standard InChI is InChI=1S/C14H7Cl4FO/c1-6-4-7(2-3-10(6)19)14(20)11-8(15)5-9(16)12(17)13(11)18/h2-5H,1H3. The molecular weight excluding hydrogens is 345 g/mol. The molecule has 0 radical (unpaired) electrons. The van der Waals surface area contributed by atoms with Crippen LogP contribution in [0.2, 0.25) is 20.1 Å². The van der Waals surface area contributed by atoms with E-state index in [1.165, 1.54) is 24.3 Å². The maximum Gasteiger partial charge on any atom is 0.196 e. The minimum absolute atomic E-state index is 0.0175. The van der Waals surface area contributed by atoms with Gasteiger partial charge in [-0.05, 0) is 36.8 Å². The molecule has 0 saturated carbocycles. The zero-order valence-corrected chi connectivity index (χ0v) is 13.1. The monoisotopic (exact) mass is 350 g/mol. The largest absolute Gasteiger partial charge is 0.288 e. The summed E-state index contributed by atoms with van der Waals surface area (Å²) in [5.41, 5.74) is 0.669. The van der Waals surface area contributed by atoms with Crippen molar-refractivity contribution in [3.05, 3.63) is 66.9 Å². The van der Waals surface area contributed by atoms with Crippen LogP contribution in [0, 0.1) is 12.7 Å². The van der Waals surface area contributed by atoms with Gasteiger partial charge in [0, 0.05) is 5.56 Å². The van der Waals surface area contributed by atoms with Crippen molar-refractivity contribution in [2.75, 3.05) is 0 Å².